The molecule has 1 aromatic carbocycles. The zero-order valence-corrected chi connectivity index (χ0v) is 13.3. The number of rotatable bonds is 5. The summed E-state index contributed by atoms with van der Waals surface area (Å²) in [5.74, 6) is 0.354. The number of ether oxygens (including phenoxy) is 1. The number of hydrogen-bond donors (Lipinski definition) is 0. The summed E-state index contributed by atoms with van der Waals surface area (Å²) >= 11 is 0. The van der Waals surface area contributed by atoms with Crippen LogP contribution in [0.2, 0.25) is 0 Å². The Balaban J connectivity index is 2.35. The lowest BCUT2D eigenvalue weighted by atomic mass is 10.0. The average molecular weight is 334 g/mol. The highest BCUT2D eigenvalue weighted by Crippen LogP contribution is 2.39. The van der Waals surface area contributed by atoms with Crippen molar-refractivity contribution in [2.75, 3.05) is 0 Å². The normalized spacial score (nSPS) is 12.7. The van der Waals surface area contributed by atoms with Crippen LogP contribution in [0.3, 0.4) is 0 Å². The summed E-state index contributed by atoms with van der Waals surface area (Å²) in [5.41, 5.74) is -0.763. The van der Waals surface area contributed by atoms with E-state index in [1.165, 1.54) is 6.07 Å². The van der Waals surface area contributed by atoms with Gasteiger partial charge < -0.3 is 4.74 Å². The van der Waals surface area contributed by atoms with Gasteiger partial charge in [-0.1, -0.05) is 26.0 Å². The van der Waals surface area contributed by atoms with Crippen molar-refractivity contribution in [3.63, 3.8) is 0 Å². The summed E-state index contributed by atoms with van der Waals surface area (Å²) < 4.78 is 45.0. The summed E-state index contributed by atoms with van der Waals surface area (Å²) in [4.78, 5) is 7.16. The largest absolute Gasteiger partial charge is 0.484 e. The summed E-state index contributed by atoms with van der Waals surface area (Å²) in [6.07, 6.45) is -2.82. The molecule has 24 heavy (non-hydrogen) atoms. The Morgan fingerprint density at radius 3 is 2.50 bits per heavy atom. The second-order valence-corrected chi connectivity index (χ2v) is 5.78. The van der Waals surface area contributed by atoms with Crippen LogP contribution in [-0.4, -0.2) is 4.98 Å². The number of halogens is 3. The molecule has 0 saturated carbocycles. The molecule has 1 heterocycles. The average Bonchev–Trinajstić information content (AvgIpc) is 2.54. The van der Waals surface area contributed by atoms with E-state index in [-0.39, 0.29) is 11.7 Å². The van der Waals surface area contributed by atoms with E-state index >= 15 is 0 Å². The minimum atomic E-state index is -4.60. The van der Waals surface area contributed by atoms with Crippen LogP contribution in [0.25, 0.3) is 4.85 Å². The maximum atomic E-state index is 13.1. The van der Waals surface area contributed by atoms with E-state index in [1.807, 2.05) is 19.9 Å². The number of nitrogens with zero attached hydrogens (tertiary/aromatic N) is 2. The molecule has 0 fully saturated rings. The highest BCUT2D eigenvalue weighted by atomic mass is 19.4. The van der Waals surface area contributed by atoms with Crippen LogP contribution in [0.5, 0.6) is 5.75 Å². The molecule has 0 aliphatic carbocycles. The van der Waals surface area contributed by atoms with E-state index in [4.69, 9.17) is 11.3 Å². The molecule has 3 nitrogen and oxygen atoms in total. The molecule has 0 amide bonds. The first kappa shape index (κ1) is 17.8. The van der Waals surface area contributed by atoms with Crippen LogP contribution >= 0.6 is 0 Å². The molecule has 0 radical (unpaired) electrons. The van der Waals surface area contributed by atoms with Crippen molar-refractivity contribution in [3.05, 3.63) is 65.3 Å². The van der Waals surface area contributed by atoms with Gasteiger partial charge in [-0.15, -0.1) is 0 Å². The molecule has 0 bridgehead atoms. The van der Waals surface area contributed by atoms with Crippen molar-refractivity contribution in [2.24, 2.45) is 5.92 Å². The quantitative estimate of drug-likeness (QED) is 0.644. The Morgan fingerprint density at radius 1 is 1.21 bits per heavy atom. The fraction of sp³-hybridized carbons (Fsp3) is 0.333. The van der Waals surface area contributed by atoms with Crippen molar-refractivity contribution in [2.45, 2.75) is 32.5 Å². The van der Waals surface area contributed by atoms with E-state index in [2.05, 4.69) is 9.83 Å². The van der Waals surface area contributed by atoms with E-state index in [9.17, 15) is 13.2 Å². The molecule has 2 rings (SSSR count). The maximum Gasteiger partial charge on any atom is 0.407 e. The maximum absolute atomic E-state index is 13.1. The first-order valence-corrected chi connectivity index (χ1v) is 7.47. The zero-order valence-electron chi connectivity index (χ0n) is 13.3. The van der Waals surface area contributed by atoms with E-state index < -0.39 is 23.5 Å². The predicted octanol–water partition coefficient (Wildman–Crippen LogP) is 5.82. The summed E-state index contributed by atoms with van der Waals surface area (Å²) in [7, 11) is 0. The van der Waals surface area contributed by atoms with Gasteiger partial charge in [0.1, 0.15) is 11.9 Å². The lowest BCUT2D eigenvalue weighted by molar-refractivity contribution is -0.137. The molecule has 0 spiro atoms. The molecule has 6 heteroatoms. The Morgan fingerprint density at radius 2 is 1.96 bits per heavy atom. The molecule has 2 aromatic rings. The molecular weight excluding hydrogens is 317 g/mol. The Bertz CT molecular complexity index is 721. The van der Waals surface area contributed by atoms with Crippen molar-refractivity contribution >= 4 is 5.69 Å². The zero-order chi connectivity index (χ0) is 17.7. The highest BCUT2D eigenvalue weighted by Gasteiger charge is 2.34. The first-order chi connectivity index (χ1) is 11.3. The summed E-state index contributed by atoms with van der Waals surface area (Å²) in [5, 5.41) is 0. The molecule has 126 valence electrons. The molecule has 1 atom stereocenters. The van der Waals surface area contributed by atoms with Crippen molar-refractivity contribution in [1.82, 2.24) is 4.98 Å². The van der Waals surface area contributed by atoms with Gasteiger partial charge in [-0.05, 0) is 36.6 Å². The molecular formula is C18H17F3N2O. The molecule has 0 aliphatic heterocycles. The van der Waals surface area contributed by atoms with Crippen LogP contribution in [0.1, 0.15) is 37.6 Å². The predicted molar refractivity (Wildman–Crippen MR) is 84.8 cm³/mol. The lowest BCUT2D eigenvalue weighted by Gasteiger charge is -2.21. The minimum Gasteiger partial charge on any atom is -0.484 e. The van der Waals surface area contributed by atoms with Crippen LogP contribution in [0, 0.1) is 12.5 Å². The second-order valence-electron chi connectivity index (χ2n) is 5.78. The van der Waals surface area contributed by atoms with Gasteiger partial charge in [-0.3, -0.25) is 4.98 Å². The standard InChI is InChI=1S/C18H17F3N2O/c1-12(2)10-17(16-6-4-5-9-23-16)24-13-7-8-15(22-3)14(11-13)18(19,20)21/h4-9,11-12,17H,10H2,1-2H3. The molecule has 1 unspecified atom stereocenters. The second kappa shape index (κ2) is 7.35. The topological polar surface area (TPSA) is 26.5 Å². The van der Waals surface area contributed by atoms with Gasteiger partial charge in [0.05, 0.1) is 17.8 Å². The first-order valence-electron chi connectivity index (χ1n) is 7.47. The number of benzene rings is 1. The Labute approximate surface area is 138 Å². The fourth-order valence-corrected chi connectivity index (χ4v) is 2.30. The number of pyridine rings is 1. The summed E-state index contributed by atoms with van der Waals surface area (Å²) in [6, 6.07) is 8.76. The smallest absolute Gasteiger partial charge is 0.407 e. The van der Waals surface area contributed by atoms with Crippen LogP contribution < -0.4 is 4.74 Å². The monoisotopic (exact) mass is 334 g/mol. The molecule has 0 aliphatic rings. The van der Waals surface area contributed by atoms with Gasteiger partial charge in [0.15, 0.2) is 5.69 Å². The van der Waals surface area contributed by atoms with Crippen molar-refractivity contribution < 1.29 is 17.9 Å². The highest BCUT2D eigenvalue weighted by molar-refractivity contribution is 5.56. The number of alkyl halides is 3. The van der Waals surface area contributed by atoms with Crippen molar-refractivity contribution in [1.29, 1.82) is 0 Å². The van der Waals surface area contributed by atoms with Gasteiger partial charge in [0, 0.05) is 6.20 Å². The van der Waals surface area contributed by atoms with Crippen LogP contribution in [0.4, 0.5) is 18.9 Å². The van der Waals surface area contributed by atoms with Crippen molar-refractivity contribution in [3.8, 4) is 5.75 Å². The Hall–Kier alpha value is -2.55. The third-order valence-electron chi connectivity index (χ3n) is 3.38. The molecule has 1 aromatic heterocycles. The van der Waals surface area contributed by atoms with Crippen LogP contribution in [-0.2, 0) is 6.18 Å². The van der Waals surface area contributed by atoms with Gasteiger partial charge in [-0.25, -0.2) is 4.85 Å². The minimum absolute atomic E-state index is 0.0750. The van der Waals surface area contributed by atoms with Gasteiger partial charge in [0.2, 0.25) is 0 Å². The lowest BCUT2D eigenvalue weighted by Crippen LogP contribution is -2.13. The Kier molecular flexibility index (Phi) is 5.45. The van der Waals surface area contributed by atoms with E-state index in [1.54, 1.807) is 18.3 Å². The molecule has 0 N–H and O–H groups in total. The number of aromatic nitrogens is 1. The third kappa shape index (κ3) is 4.48. The van der Waals surface area contributed by atoms with Crippen LogP contribution in [0.15, 0.2) is 42.6 Å². The van der Waals surface area contributed by atoms with Gasteiger partial charge in [0.25, 0.3) is 0 Å². The number of hydrogen-bond acceptors (Lipinski definition) is 2. The van der Waals surface area contributed by atoms with Gasteiger partial charge in [-0.2, -0.15) is 13.2 Å². The third-order valence-corrected chi connectivity index (χ3v) is 3.38. The van der Waals surface area contributed by atoms with Gasteiger partial charge >= 0.3 is 6.18 Å². The fourth-order valence-electron chi connectivity index (χ4n) is 2.30. The summed E-state index contributed by atoms with van der Waals surface area (Å²) in [6.45, 7) is 10.9. The SMILES string of the molecule is [C-]#[N+]c1ccc(OC(CC(C)C)c2ccccn2)cc1C(F)(F)F. The van der Waals surface area contributed by atoms with E-state index in [0.29, 0.717) is 12.1 Å². The van der Waals surface area contributed by atoms with E-state index in [0.717, 1.165) is 12.1 Å². The molecule has 0 saturated heterocycles.